The molecule has 3 rings (SSSR count). The highest BCUT2D eigenvalue weighted by Gasteiger charge is 2.23. The molecule has 128 valence electrons. The lowest BCUT2D eigenvalue weighted by molar-refractivity contribution is 0.325. The third-order valence-electron chi connectivity index (χ3n) is 3.99. The van der Waals surface area contributed by atoms with Crippen LogP contribution in [0.5, 0.6) is 17.2 Å². The lowest BCUT2D eigenvalue weighted by Gasteiger charge is -2.17. The summed E-state index contributed by atoms with van der Waals surface area (Å²) in [7, 11) is 4.81. The van der Waals surface area contributed by atoms with Crippen LogP contribution in [0.2, 0.25) is 0 Å². The number of aryl methyl sites for hydroxylation is 1. The smallest absolute Gasteiger partial charge is 0.204 e. The van der Waals surface area contributed by atoms with E-state index in [0.29, 0.717) is 23.1 Å². The number of hydrogen-bond acceptors (Lipinski definition) is 5. The van der Waals surface area contributed by atoms with Gasteiger partial charge >= 0.3 is 0 Å². The zero-order valence-electron chi connectivity index (χ0n) is 14.8. The van der Waals surface area contributed by atoms with E-state index in [1.165, 1.54) is 0 Å². The van der Waals surface area contributed by atoms with Crippen molar-refractivity contribution in [2.75, 3.05) is 21.3 Å². The molecule has 0 spiro atoms. The Balaban J connectivity index is 2.25. The number of rotatable bonds is 5. The van der Waals surface area contributed by atoms with Crippen LogP contribution in [0.4, 0.5) is 0 Å². The van der Waals surface area contributed by atoms with Gasteiger partial charge in [0.05, 0.1) is 33.1 Å². The van der Waals surface area contributed by atoms with Crippen LogP contribution in [0.25, 0.3) is 22.6 Å². The van der Waals surface area contributed by atoms with Gasteiger partial charge in [-0.25, -0.2) is 9.67 Å². The molecule has 2 heterocycles. The minimum absolute atomic E-state index is 0.229. The van der Waals surface area contributed by atoms with Gasteiger partial charge in [0.1, 0.15) is 11.3 Å². The van der Waals surface area contributed by atoms with E-state index in [-0.39, 0.29) is 6.04 Å². The average Bonchev–Trinajstić information content (AvgIpc) is 3.13. The Bertz CT molecular complexity index is 880. The maximum atomic E-state index is 5.61. The molecule has 0 radical (unpaired) electrons. The quantitative estimate of drug-likeness (QED) is 0.776. The molecule has 7 heteroatoms. The van der Waals surface area contributed by atoms with Crippen molar-refractivity contribution in [2.24, 2.45) is 0 Å². The van der Waals surface area contributed by atoms with Gasteiger partial charge in [0.25, 0.3) is 0 Å². The van der Waals surface area contributed by atoms with Crippen LogP contribution in [-0.4, -0.2) is 41.1 Å². The van der Waals surface area contributed by atoms with E-state index in [1.807, 2.05) is 17.7 Å². The first-order valence-electron chi connectivity index (χ1n) is 7.75. The molecule has 0 saturated carbocycles. The molecule has 2 aromatic heterocycles. The number of fused-ring (bicyclic) bond motifs is 1. The van der Waals surface area contributed by atoms with Crippen molar-refractivity contribution >= 4 is 11.2 Å². The largest absolute Gasteiger partial charge is 0.493 e. The second-order valence-corrected chi connectivity index (χ2v) is 5.84. The van der Waals surface area contributed by atoms with E-state index in [2.05, 4.69) is 23.9 Å². The van der Waals surface area contributed by atoms with Gasteiger partial charge in [-0.05, 0) is 32.4 Å². The van der Waals surface area contributed by atoms with Crippen molar-refractivity contribution in [1.82, 2.24) is 19.7 Å². The highest BCUT2D eigenvalue weighted by Crippen LogP contribution is 2.46. The van der Waals surface area contributed by atoms with E-state index in [1.54, 1.807) is 27.5 Å². The summed E-state index contributed by atoms with van der Waals surface area (Å²) >= 11 is 0. The highest BCUT2D eigenvalue weighted by atomic mass is 16.5. The first kappa shape index (κ1) is 16.2. The van der Waals surface area contributed by atoms with Crippen LogP contribution in [0.15, 0.2) is 12.3 Å². The molecule has 0 aliphatic heterocycles. The van der Waals surface area contributed by atoms with E-state index in [4.69, 9.17) is 19.2 Å². The summed E-state index contributed by atoms with van der Waals surface area (Å²) in [4.78, 5) is 8.05. The number of hydrogen-bond donors (Lipinski definition) is 1. The van der Waals surface area contributed by atoms with Gasteiger partial charge in [-0.1, -0.05) is 0 Å². The van der Waals surface area contributed by atoms with Crippen LogP contribution in [0, 0.1) is 6.92 Å². The fourth-order valence-electron chi connectivity index (χ4n) is 2.89. The molecule has 0 saturated heterocycles. The number of nitrogens with one attached hydrogen (secondary N) is 1. The lowest BCUT2D eigenvalue weighted by Crippen LogP contribution is -2.03. The summed E-state index contributed by atoms with van der Waals surface area (Å²) in [5.74, 6) is 2.48. The zero-order valence-corrected chi connectivity index (χ0v) is 14.8. The second kappa shape index (κ2) is 6.07. The monoisotopic (exact) mass is 330 g/mol. The number of aromatic nitrogens is 4. The van der Waals surface area contributed by atoms with Crippen molar-refractivity contribution in [1.29, 1.82) is 0 Å². The Hall–Kier alpha value is -2.70. The van der Waals surface area contributed by atoms with Crippen molar-refractivity contribution in [2.45, 2.75) is 26.8 Å². The molecule has 0 unspecified atom stereocenters. The number of imidazole rings is 1. The molecule has 3 aromatic rings. The summed E-state index contributed by atoms with van der Waals surface area (Å²) in [6.45, 7) is 6.13. The Labute approximate surface area is 140 Å². The normalized spacial score (nSPS) is 11.3. The van der Waals surface area contributed by atoms with Gasteiger partial charge in [0.2, 0.25) is 5.75 Å². The Kier molecular flexibility index (Phi) is 4.09. The molecule has 1 aromatic carbocycles. The molecule has 0 atom stereocenters. The number of benzene rings is 1. The molecule has 0 amide bonds. The molecular weight excluding hydrogens is 308 g/mol. The number of aromatic amines is 1. The maximum absolute atomic E-state index is 5.61. The van der Waals surface area contributed by atoms with Gasteiger partial charge in [-0.15, -0.1) is 0 Å². The number of nitrogens with zero attached hydrogens (tertiary/aromatic N) is 3. The molecule has 0 fully saturated rings. The van der Waals surface area contributed by atoms with Crippen LogP contribution >= 0.6 is 0 Å². The standard InChI is InChI=1S/C17H22N4O3/c1-9(2)21-17-11(8-18-21)19-16(20-17)13-10(3)7-12(22-4)14(23-5)15(13)24-6/h7-9H,1-6H3,(H,19,20). The molecule has 1 N–H and O–H groups in total. The fourth-order valence-corrected chi connectivity index (χ4v) is 2.89. The van der Waals surface area contributed by atoms with Crippen LogP contribution in [0.1, 0.15) is 25.5 Å². The van der Waals surface area contributed by atoms with Crippen molar-refractivity contribution in [3.05, 3.63) is 17.8 Å². The van der Waals surface area contributed by atoms with Gasteiger partial charge in [-0.2, -0.15) is 5.10 Å². The fraction of sp³-hybridized carbons (Fsp3) is 0.412. The molecule has 24 heavy (non-hydrogen) atoms. The summed E-state index contributed by atoms with van der Waals surface area (Å²) in [6.07, 6.45) is 1.79. The summed E-state index contributed by atoms with van der Waals surface area (Å²) < 4.78 is 18.4. The SMILES string of the molecule is COc1cc(C)c(-c2nc3c(cnn3C(C)C)[nH]2)c(OC)c1OC. The first-order valence-corrected chi connectivity index (χ1v) is 7.75. The number of ether oxygens (including phenoxy) is 3. The van der Waals surface area contributed by atoms with Crippen molar-refractivity contribution < 1.29 is 14.2 Å². The van der Waals surface area contributed by atoms with Crippen LogP contribution < -0.4 is 14.2 Å². The molecule has 7 nitrogen and oxygen atoms in total. The molecular formula is C17H22N4O3. The van der Waals surface area contributed by atoms with Gasteiger partial charge in [0.15, 0.2) is 17.1 Å². The highest BCUT2D eigenvalue weighted by molar-refractivity contribution is 5.82. The third-order valence-corrected chi connectivity index (χ3v) is 3.99. The van der Waals surface area contributed by atoms with Crippen molar-refractivity contribution in [3.63, 3.8) is 0 Å². The predicted octanol–water partition coefficient (Wildman–Crippen LogP) is 3.34. The number of methoxy groups -OCH3 is 3. The van der Waals surface area contributed by atoms with Gasteiger partial charge in [-0.3, -0.25) is 0 Å². The molecule has 0 bridgehead atoms. The topological polar surface area (TPSA) is 74.2 Å². The van der Waals surface area contributed by atoms with E-state index in [9.17, 15) is 0 Å². The van der Waals surface area contributed by atoms with Gasteiger partial charge in [0, 0.05) is 6.04 Å². The van der Waals surface area contributed by atoms with E-state index in [0.717, 1.165) is 22.3 Å². The van der Waals surface area contributed by atoms with Crippen LogP contribution in [-0.2, 0) is 0 Å². The zero-order chi connectivity index (χ0) is 17.4. The summed E-state index contributed by atoms with van der Waals surface area (Å²) in [5.41, 5.74) is 3.53. The lowest BCUT2D eigenvalue weighted by atomic mass is 10.1. The molecule has 0 aliphatic rings. The minimum Gasteiger partial charge on any atom is -0.493 e. The second-order valence-electron chi connectivity index (χ2n) is 5.84. The minimum atomic E-state index is 0.229. The Morgan fingerprint density at radius 1 is 1.08 bits per heavy atom. The Morgan fingerprint density at radius 2 is 1.79 bits per heavy atom. The van der Waals surface area contributed by atoms with E-state index < -0.39 is 0 Å². The maximum Gasteiger partial charge on any atom is 0.204 e. The van der Waals surface area contributed by atoms with Crippen molar-refractivity contribution in [3.8, 4) is 28.6 Å². The van der Waals surface area contributed by atoms with Crippen LogP contribution in [0.3, 0.4) is 0 Å². The number of H-pyrrole nitrogens is 1. The predicted molar refractivity (Wildman–Crippen MR) is 92.1 cm³/mol. The van der Waals surface area contributed by atoms with E-state index >= 15 is 0 Å². The molecule has 0 aliphatic carbocycles. The summed E-state index contributed by atoms with van der Waals surface area (Å²) in [6, 6.07) is 2.14. The first-order chi connectivity index (χ1) is 11.5. The summed E-state index contributed by atoms with van der Waals surface area (Å²) in [5, 5.41) is 4.36. The van der Waals surface area contributed by atoms with Gasteiger partial charge < -0.3 is 19.2 Å². The average molecular weight is 330 g/mol. The third kappa shape index (κ3) is 2.36. The Morgan fingerprint density at radius 3 is 2.38 bits per heavy atom.